The van der Waals surface area contributed by atoms with Crippen molar-refractivity contribution in [3.05, 3.63) is 12.2 Å². The van der Waals surface area contributed by atoms with Crippen LogP contribution < -0.4 is 10.6 Å². The van der Waals surface area contributed by atoms with Crippen LogP contribution in [0.1, 0.15) is 45.5 Å². The fraction of sp³-hybridized carbons (Fsp3) is 0.692. The minimum Gasteiger partial charge on any atom is -0.356 e. The molecule has 0 saturated carbocycles. The first-order chi connectivity index (χ1) is 9.40. The zero-order valence-corrected chi connectivity index (χ0v) is 12.5. The van der Waals surface area contributed by atoms with Crippen molar-refractivity contribution in [2.75, 3.05) is 6.54 Å². The lowest BCUT2D eigenvalue weighted by Gasteiger charge is -2.19. The number of hydrogen-bond donors (Lipinski definition) is 2. The Morgan fingerprint density at radius 1 is 1.40 bits per heavy atom. The summed E-state index contributed by atoms with van der Waals surface area (Å²) in [5.74, 6) is 0.927. The van der Waals surface area contributed by atoms with Crippen molar-refractivity contribution in [1.29, 1.82) is 0 Å². The van der Waals surface area contributed by atoms with E-state index in [1.54, 1.807) is 11.7 Å². The first kappa shape index (κ1) is 16.1. The molecule has 1 atom stereocenters. The molecule has 0 unspecified atom stereocenters. The van der Waals surface area contributed by atoms with E-state index < -0.39 is 0 Å². The molecular formula is C13H23N5O2. The van der Waals surface area contributed by atoms with Gasteiger partial charge in [-0.1, -0.05) is 13.8 Å². The summed E-state index contributed by atoms with van der Waals surface area (Å²) in [4.78, 5) is 26.9. The SMILES string of the molecule is CC(=O)NCCC(=O)N[C@@H](CC(C)C)c1ncnn1C. The molecule has 2 amide bonds. The maximum absolute atomic E-state index is 11.9. The van der Waals surface area contributed by atoms with Crippen LogP contribution in [0.15, 0.2) is 6.33 Å². The van der Waals surface area contributed by atoms with Crippen LogP contribution in [-0.2, 0) is 16.6 Å². The second kappa shape index (κ2) is 7.62. The molecule has 0 aliphatic carbocycles. The van der Waals surface area contributed by atoms with E-state index in [4.69, 9.17) is 0 Å². The van der Waals surface area contributed by atoms with Crippen LogP contribution in [0.25, 0.3) is 0 Å². The van der Waals surface area contributed by atoms with Gasteiger partial charge in [-0.25, -0.2) is 4.98 Å². The smallest absolute Gasteiger partial charge is 0.222 e. The first-order valence-corrected chi connectivity index (χ1v) is 6.77. The van der Waals surface area contributed by atoms with E-state index in [9.17, 15) is 9.59 Å². The summed E-state index contributed by atoms with van der Waals surface area (Å²) in [5.41, 5.74) is 0. The molecule has 1 aromatic heterocycles. The lowest BCUT2D eigenvalue weighted by Crippen LogP contribution is -2.34. The van der Waals surface area contributed by atoms with Crippen LogP contribution in [0.5, 0.6) is 0 Å². The van der Waals surface area contributed by atoms with E-state index in [1.165, 1.54) is 13.3 Å². The van der Waals surface area contributed by atoms with E-state index in [-0.39, 0.29) is 24.3 Å². The van der Waals surface area contributed by atoms with Crippen molar-refractivity contribution in [2.45, 2.75) is 39.7 Å². The van der Waals surface area contributed by atoms with Gasteiger partial charge in [-0.3, -0.25) is 14.3 Å². The highest BCUT2D eigenvalue weighted by molar-refractivity contribution is 5.78. The van der Waals surface area contributed by atoms with Gasteiger partial charge in [0.2, 0.25) is 11.8 Å². The Morgan fingerprint density at radius 2 is 2.10 bits per heavy atom. The molecule has 20 heavy (non-hydrogen) atoms. The second-order valence-corrected chi connectivity index (χ2v) is 5.22. The molecule has 0 aliphatic rings. The molecule has 112 valence electrons. The molecule has 0 saturated heterocycles. The fourth-order valence-corrected chi connectivity index (χ4v) is 1.94. The van der Waals surface area contributed by atoms with E-state index in [0.717, 1.165) is 12.2 Å². The van der Waals surface area contributed by atoms with Crippen molar-refractivity contribution in [3.63, 3.8) is 0 Å². The van der Waals surface area contributed by atoms with Gasteiger partial charge in [0.1, 0.15) is 12.2 Å². The third-order valence-electron chi connectivity index (χ3n) is 2.83. The number of hydrogen-bond acceptors (Lipinski definition) is 4. The summed E-state index contributed by atoms with van der Waals surface area (Å²) in [7, 11) is 1.80. The number of aryl methyl sites for hydroxylation is 1. The highest BCUT2D eigenvalue weighted by atomic mass is 16.2. The van der Waals surface area contributed by atoms with E-state index in [0.29, 0.717) is 12.5 Å². The topological polar surface area (TPSA) is 88.9 Å². The maximum atomic E-state index is 11.9. The standard InChI is InChI=1S/C13H23N5O2/c1-9(2)7-11(13-15-8-16-18(13)4)17-12(20)5-6-14-10(3)19/h8-9,11H,5-7H2,1-4H3,(H,14,19)(H,17,20)/t11-/m0/s1. The van der Waals surface area contributed by atoms with Crippen molar-refractivity contribution < 1.29 is 9.59 Å². The van der Waals surface area contributed by atoms with Crippen molar-refractivity contribution in [2.24, 2.45) is 13.0 Å². The Hall–Kier alpha value is -1.92. The second-order valence-electron chi connectivity index (χ2n) is 5.22. The number of aromatic nitrogens is 3. The van der Waals surface area contributed by atoms with E-state index >= 15 is 0 Å². The zero-order valence-electron chi connectivity index (χ0n) is 12.5. The highest BCUT2D eigenvalue weighted by Crippen LogP contribution is 2.18. The number of carbonyl (C=O) groups is 2. The van der Waals surface area contributed by atoms with Gasteiger partial charge < -0.3 is 10.6 Å². The zero-order chi connectivity index (χ0) is 15.1. The molecule has 0 radical (unpaired) electrons. The van der Waals surface area contributed by atoms with Crippen molar-refractivity contribution in [3.8, 4) is 0 Å². The van der Waals surface area contributed by atoms with Gasteiger partial charge in [-0.2, -0.15) is 5.10 Å². The van der Waals surface area contributed by atoms with Gasteiger partial charge in [0.05, 0.1) is 6.04 Å². The number of carbonyl (C=O) groups excluding carboxylic acids is 2. The number of rotatable bonds is 7. The van der Waals surface area contributed by atoms with Gasteiger partial charge in [-0.15, -0.1) is 0 Å². The van der Waals surface area contributed by atoms with Crippen LogP contribution in [0, 0.1) is 5.92 Å². The Kier molecular flexibility index (Phi) is 6.14. The Labute approximate surface area is 119 Å². The van der Waals surface area contributed by atoms with Crippen LogP contribution in [0.2, 0.25) is 0 Å². The Bertz CT molecular complexity index is 455. The highest BCUT2D eigenvalue weighted by Gasteiger charge is 2.20. The number of amides is 2. The van der Waals surface area contributed by atoms with E-state index in [1.807, 2.05) is 0 Å². The van der Waals surface area contributed by atoms with Crippen LogP contribution in [0.4, 0.5) is 0 Å². The number of nitrogens with zero attached hydrogens (tertiary/aromatic N) is 3. The van der Waals surface area contributed by atoms with Crippen molar-refractivity contribution in [1.82, 2.24) is 25.4 Å². The molecule has 0 fully saturated rings. The first-order valence-electron chi connectivity index (χ1n) is 6.77. The molecule has 0 bridgehead atoms. The lowest BCUT2D eigenvalue weighted by molar-refractivity contribution is -0.122. The molecule has 7 heteroatoms. The Morgan fingerprint density at radius 3 is 2.60 bits per heavy atom. The summed E-state index contributed by atoms with van der Waals surface area (Å²) in [5, 5.41) is 9.59. The molecule has 1 rings (SSSR count). The van der Waals surface area contributed by atoms with Gasteiger partial charge >= 0.3 is 0 Å². The van der Waals surface area contributed by atoms with Gasteiger partial charge in [0, 0.05) is 26.9 Å². The van der Waals surface area contributed by atoms with Crippen LogP contribution in [-0.4, -0.2) is 33.1 Å². The van der Waals surface area contributed by atoms with Gasteiger partial charge in [0.15, 0.2) is 0 Å². The molecule has 7 nitrogen and oxygen atoms in total. The molecule has 0 aliphatic heterocycles. The minimum absolute atomic E-state index is 0.104. The normalized spacial score (nSPS) is 12.2. The lowest BCUT2D eigenvalue weighted by atomic mass is 10.0. The monoisotopic (exact) mass is 281 g/mol. The molecule has 0 spiro atoms. The summed E-state index contributed by atoms with van der Waals surface area (Å²) in [6.07, 6.45) is 2.52. The predicted molar refractivity (Wildman–Crippen MR) is 74.6 cm³/mol. The summed E-state index contributed by atoms with van der Waals surface area (Å²) in [6.45, 7) is 5.95. The molecule has 1 heterocycles. The largest absolute Gasteiger partial charge is 0.356 e. The fourth-order valence-electron chi connectivity index (χ4n) is 1.94. The maximum Gasteiger partial charge on any atom is 0.222 e. The third-order valence-corrected chi connectivity index (χ3v) is 2.83. The van der Waals surface area contributed by atoms with Crippen LogP contribution >= 0.6 is 0 Å². The molecule has 2 N–H and O–H groups in total. The van der Waals surface area contributed by atoms with Gasteiger partial charge in [-0.05, 0) is 12.3 Å². The average Bonchev–Trinajstić information content (AvgIpc) is 2.73. The van der Waals surface area contributed by atoms with Gasteiger partial charge in [0.25, 0.3) is 0 Å². The average molecular weight is 281 g/mol. The summed E-state index contributed by atoms with van der Waals surface area (Å²) >= 11 is 0. The third kappa shape index (κ3) is 5.38. The molecular weight excluding hydrogens is 258 g/mol. The predicted octanol–water partition coefficient (Wildman–Crippen LogP) is 0.545. The van der Waals surface area contributed by atoms with E-state index in [2.05, 4.69) is 34.6 Å². The summed E-state index contributed by atoms with van der Waals surface area (Å²) < 4.78 is 1.67. The molecule has 0 aromatic carbocycles. The van der Waals surface area contributed by atoms with Crippen molar-refractivity contribution >= 4 is 11.8 Å². The quantitative estimate of drug-likeness (QED) is 0.763. The van der Waals surface area contributed by atoms with Crippen LogP contribution in [0.3, 0.4) is 0 Å². The number of nitrogens with one attached hydrogen (secondary N) is 2. The Balaban J connectivity index is 2.59. The summed E-state index contributed by atoms with van der Waals surface area (Å²) in [6, 6.07) is -0.160. The molecule has 1 aromatic rings. The minimum atomic E-state index is -0.160.